The van der Waals surface area contributed by atoms with Crippen molar-refractivity contribution < 1.29 is 24.2 Å². The topological polar surface area (TPSA) is 105 Å². The zero-order valence-electron chi connectivity index (χ0n) is 16.3. The van der Waals surface area contributed by atoms with Crippen LogP contribution in [0.25, 0.3) is 11.1 Å². The third-order valence-electron chi connectivity index (χ3n) is 4.91. The van der Waals surface area contributed by atoms with E-state index < -0.39 is 24.0 Å². The molecule has 0 saturated carbocycles. The van der Waals surface area contributed by atoms with E-state index in [0.717, 1.165) is 22.3 Å². The van der Waals surface area contributed by atoms with E-state index in [0.29, 0.717) is 0 Å². The number of ether oxygens (including phenoxy) is 1. The van der Waals surface area contributed by atoms with Crippen LogP contribution in [0.5, 0.6) is 0 Å². The van der Waals surface area contributed by atoms with Gasteiger partial charge in [0.15, 0.2) is 0 Å². The van der Waals surface area contributed by atoms with Crippen molar-refractivity contribution in [2.45, 2.75) is 24.8 Å². The molecule has 0 bridgehead atoms. The zero-order valence-corrected chi connectivity index (χ0v) is 16.3. The molecule has 154 valence electrons. The maximum Gasteiger partial charge on any atom is 0.407 e. The van der Waals surface area contributed by atoms with Crippen molar-refractivity contribution in [1.29, 1.82) is 0 Å². The number of carbonyl (C=O) groups is 3. The third-order valence-corrected chi connectivity index (χ3v) is 4.91. The van der Waals surface area contributed by atoms with E-state index in [-0.39, 0.29) is 31.9 Å². The standard InChI is InChI=1S/C23H22N2O5/c1-2-7-20(22(28)24-13-12-21(26)27)25-23(29)30-14-19-17-10-5-3-8-15(17)16-9-4-6-11-18(16)19/h1,3-6,8-11,19-20H,7,12-14H2,(H,24,28)(H,25,29)(H,26,27). The average molecular weight is 406 g/mol. The molecule has 3 rings (SSSR count). The van der Waals surface area contributed by atoms with Gasteiger partial charge < -0.3 is 20.5 Å². The molecule has 1 atom stereocenters. The van der Waals surface area contributed by atoms with Gasteiger partial charge >= 0.3 is 12.1 Å². The van der Waals surface area contributed by atoms with Crippen LogP contribution in [-0.4, -0.2) is 42.3 Å². The molecule has 1 unspecified atom stereocenters. The van der Waals surface area contributed by atoms with E-state index in [9.17, 15) is 14.4 Å². The van der Waals surface area contributed by atoms with Gasteiger partial charge in [0.25, 0.3) is 0 Å². The van der Waals surface area contributed by atoms with Gasteiger partial charge in [0.1, 0.15) is 12.6 Å². The van der Waals surface area contributed by atoms with Gasteiger partial charge in [-0.3, -0.25) is 9.59 Å². The smallest absolute Gasteiger partial charge is 0.407 e. The molecule has 7 heteroatoms. The highest BCUT2D eigenvalue weighted by Gasteiger charge is 2.29. The second-order valence-corrected chi connectivity index (χ2v) is 6.87. The van der Waals surface area contributed by atoms with Crippen LogP contribution < -0.4 is 10.6 Å². The molecule has 0 radical (unpaired) electrons. The lowest BCUT2D eigenvalue weighted by Crippen LogP contribution is -2.47. The predicted molar refractivity (Wildman–Crippen MR) is 111 cm³/mol. The summed E-state index contributed by atoms with van der Waals surface area (Å²) in [6.45, 7) is 0.0604. The molecule has 0 aliphatic heterocycles. The summed E-state index contributed by atoms with van der Waals surface area (Å²) in [4.78, 5) is 35.1. The van der Waals surface area contributed by atoms with Gasteiger partial charge in [-0.1, -0.05) is 48.5 Å². The second-order valence-electron chi connectivity index (χ2n) is 6.87. The minimum absolute atomic E-state index is 0.0386. The van der Waals surface area contributed by atoms with Crippen molar-refractivity contribution in [3.63, 3.8) is 0 Å². The van der Waals surface area contributed by atoms with Crippen molar-refractivity contribution in [2.75, 3.05) is 13.2 Å². The summed E-state index contributed by atoms with van der Waals surface area (Å²) in [5.41, 5.74) is 4.39. The summed E-state index contributed by atoms with van der Waals surface area (Å²) < 4.78 is 5.42. The highest BCUT2D eigenvalue weighted by molar-refractivity contribution is 5.86. The van der Waals surface area contributed by atoms with Gasteiger partial charge in [-0.25, -0.2) is 4.79 Å². The van der Waals surface area contributed by atoms with Crippen LogP contribution in [0.15, 0.2) is 48.5 Å². The minimum Gasteiger partial charge on any atom is -0.481 e. The lowest BCUT2D eigenvalue weighted by Gasteiger charge is -2.18. The summed E-state index contributed by atoms with van der Waals surface area (Å²) in [6.07, 6.45) is 4.26. The number of benzene rings is 2. The first-order valence-corrected chi connectivity index (χ1v) is 9.55. The Labute approximate surface area is 174 Å². The maximum atomic E-state index is 12.3. The molecule has 0 aromatic heterocycles. The number of rotatable bonds is 8. The molecule has 1 aliphatic carbocycles. The van der Waals surface area contributed by atoms with Gasteiger partial charge in [-0.15, -0.1) is 12.3 Å². The molecule has 0 fully saturated rings. The van der Waals surface area contributed by atoms with Crippen LogP contribution in [0.4, 0.5) is 4.79 Å². The van der Waals surface area contributed by atoms with Crippen molar-refractivity contribution in [2.24, 2.45) is 0 Å². The normalized spacial score (nSPS) is 12.8. The number of hydrogen-bond donors (Lipinski definition) is 3. The van der Waals surface area contributed by atoms with Crippen LogP contribution >= 0.6 is 0 Å². The number of carboxylic acid groups (broad SMARTS) is 1. The molecule has 3 N–H and O–H groups in total. The van der Waals surface area contributed by atoms with Gasteiger partial charge in [0, 0.05) is 18.9 Å². The van der Waals surface area contributed by atoms with Crippen molar-refractivity contribution in [3.8, 4) is 23.5 Å². The van der Waals surface area contributed by atoms with Crippen molar-refractivity contribution in [1.82, 2.24) is 10.6 Å². The maximum absolute atomic E-state index is 12.3. The van der Waals surface area contributed by atoms with E-state index >= 15 is 0 Å². The molecular weight excluding hydrogens is 384 g/mol. The van der Waals surface area contributed by atoms with Crippen LogP contribution in [0.2, 0.25) is 0 Å². The SMILES string of the molecule is C#CCC(NC(=O)OCC1c2ccccc2-c2ccccc21)C(=O)NCCC(=O)O. The van der Waals surface area contributed by atoms with Crippen molar-refractivity contribution >= 4 is 18.0 Å². The third kappa shape index (κ3) is 4.78. The zero-order chi connectivity index (χ0) is 21.5. The Hall–Kier alpha value is -3.79. The fraction of sp³-hybridized carbons (Fsp3) is 0.261. The fourth-order valence-electron chi connectivity index (χ4n) is 3.53. The first kappa shape index (κ1) is 20.9. The number of nitrogens with one attached hydrogen (secondary N) is 2. The van der Waals surface area contributed by atoms with E-state index in [2.05, 4.69) is 16.6 Å². The summed E-state index contributed by atoms with van der Waals surface area (Å²) in [7, 11) is 0. The molecule has 7 nitrogen and oxygen atoms in total. The Balaban J connectivity index is 1.61. The molecule has 0 spiro atoms. The fourth-order valence-corrected chi connectivity index (χ4v) is 3.53. The molecule has 0 saturated heterocycles. The summed E-state index contributed by atoms with van der Waals surface area (Å²) in [5, 5.41) is 13.6. The van der Waals surface area contributed by atoms with E-state index in [1.165, 1.54) is 0 Å². The number of alkyl carbamates (subject to hydrolysis) is 1. The van der Waals surface area contributed by atoms with Crippen LogP contribution in [0, 0.1) is 12.3 Å². The second kappa shape index (κ2) is 9.61. The van der Waals surface area contributed by atoms with E-state index in [1.54, 1.807) is 0 Å². The first-order valence-electron chi connectivity index (χ1n) is 9.55. The number of carbonyl (C=O) groups excluding carboxylic acids is 2. The van der Waals surface area contributed by atoms with Gasteiger partial charge in [-0.2, -0.15) is 0 Å². The molecule has 2 aromatic rings. The molecule has 0 heterocycles. The monoisotopic (exact) mass is 406 g/mol. The summed E-state index contributed by atoms with van der Waals surface area (Å²) in [5.74, 6) is 0.644. The van der Waals surface area contributed by atoms with Crippen LogP contribution in [0.3, 0.4) is 0 Å². The highest BCUT2D eigenvalue weighted by atomic mass is 16.5. The molecule has 1 aliphatic rings. The lowest BCUT2D eigenvalue weighted by molar-refractivity contribution is -0.137. The van der Waals surface area contributed by atoms with Crippen LogP contribution in [-0.2, 0) is 14.3 Å². The lowest BCUT2D eigenvalue weighted by atomic mass is 9.98. The van der Waals surface area contributed by atoms with E-state index in [1.807, 2.05) is 48.5 Å². The summed E-state index contributed by atoms with van der Waals surface area (Å²) in [6, 6.07) is 14.9. The average Bonchev–Trinajstić information content (AvgIpc) is 3.05. The van der Waals surface area contributed by atoms with Crippen LogP contribution in [0.1, 0.15) is 29.9 Å². The quantitative estimate of drug-likeness (QED) is 0.585. The van der Waals surface area contributed by atoms with Gasteiger partial charge in [-0.05, 0) is 22.3 Å². The first-order chi connectivity index (χ1) is 14.5. The highest BCUT2D eigenvalue weighted by Crippen LogP contribution is 2.44. The molecular formula is C23H22N2O5. The Morgan fingerprint density at radius 2 is 1.67 bits per heavy atom. The number of amides is 2. The number of hydrogen-bond acceptors (Lipinski definition) is 4. The van der Waals surface area contributed by atoms with Crippen molar-refractivity contribution in [3.05, 3.63) is 59.7 Å². The number of carboxylic acids is 1. The Morgan fingerprint density at radius 1 is 1.07 bits per heavy atom. The Morgan fingerprint density at radius 3 is 2.23 bits per heavy atom. The molecule has 2 aromatic carbocycles. The largest absolute Gasteiger partial charge is 0.481 e. The van der Waals surface area contributed by atoms with Gasteiger partial charge in [0.2, 0.25) is 5.91 Å². The number of fused-ring (bicyclic) bond motifs is 3. The summed E-state index contributed by atoms with van der Waals surface area (Å²) >= 11 is 0. The Bertz CT molecular complexity index is 950. The molecule has 2 amide bonds. The number of terminal acetylenes is 1. The molecule has 30 heavy (non-hydrogen) atoms. The predicted octanol–water partition coefficient (Wildman–Crippen LogP) is 2.51. The minimum atomic E-state index is -1.03. The van der Waals surface area contributed by atoms with Gasteiger partial charge in [0.05, 0.1) is 6.42 Å². The Kier molecular flexibility index (Phi) is 6.71. The number of aliphatic carboxylic acids is 1. The van der Waals surface area contributed by atoms with E-state index in [4.69, 9.17) is 16.3 Å².